The zero-order valence-electron chi connectivity index (χ0n) is 19.0. The number of hydrogen-bond acceptors (Lipinski definition) is 2. The van der Waals surface area contributed by atoms with Crippen LogP contribution < -0.4 is 0 Å². The first kappa shape index (κ1) is 21.8. The van der Waals surface area contributed by atoms with Gasteiger partial charge >= 0.3 is 0 Å². The molecule has 0 aliphatic heterocycles. The molecule has 2 nitrogen and oxygen atoms in total. The molecule has 1 aliphatic rings. The van der Waals surface area contributed by atoms with Crippen molar-refractivity contribution >= 4 is 12.2 Å². The van der Waals surface area contributed by atoms with Crippen molar-refractivity contribution in [3.05, 3.63) is 69.8 Å². The normalized spacial score (nSPS) is 17.4. The Morgan fingerprint density at radius 1 is 0.862 bits per heavy atom. The molecule has 0 saturated carbocycles. The van der Waals surface area contributed by atoms with E-state index in [1.807, 2.05) is 0 Å². The van der Waals surface area contributed by atoms with E-state index in [9.17, 15) is 0 Å². The summed E-state index contributed by atoms with van der Waals surface area (Å²) >= 11 is 0. The van der Waals surface area contributed by atoms with Crippen molar-refractivity contribution < 1.29 is 9.47 Å². The molecule has 0 radical (unpaired) electrons. The van der Waals surface area contributed by atoms with E-state index < -0.39 is 0 Å². The average Bonchev–Trinajstić information content (AvgIpc) is 2.68. The molecule has 0 spiro atoms. The van der Waals surface area contributed by atoms with Gasteiger partial charge in [-0.05, 0) is 58.4 Å². The van der Waals surface area contributed by atoms with E-state index in [1.165, 1.54) is 46.2 Å². The van der Waals surface area contributed by atoms with Gasteiger partial charge in [0.2, 0.25) is 0 Å². The zero-order valence-corrected chi connectivity index (χ0v) is 19.0. The molecule has 0 bridgehead atoms. The largest absolute Gasteiger partial charge is 0.382 e. The number of aryl methyl sites for hydroxylation is 1. The SMILES string of the molecule is COCCOCc1cc2c(cc1/C=C/c1ccc(C)cc1)C(C)(C)CCC2(C)C. The molecule has 2 aromatic rings. The second-order valence-electron chi connectivity index (χ2n) is 9.65. The minimum atomic E-state index is 0.200. The van der Waals surface area contributed by atoms with Crippen LogP contribution in [0.2, 0.25) is 0 Å². The Labute approximate surface area is 176 Å². The Balaban J connectivity index is 2.00. The Bertz CT molecular complexity index is 857. The van der Waals surface area contributed by atoms with E-state index >= 15 is 0 Å². The maximum absolute atomic E-state index is 5.92. The van der Waals surface area contributed by atoms with Gasteiger partial charge in [0, 0.05) is 7.11 Å². The van der Waals surface area contributed by atoms with Crippen LogP contribution >= 0.6 is 0 Å². The van der Waals surface area contributed by atoms with Gasteiger partial charge in [-0.3, -0.25) is 0 Å². The lowest BCUT2D eigenvalue weighted by Crippen LogP contribution is -2.34. The zero-order chi connectivity index (χ0) is 21.1. The molecule has 29 heavy (non-hydrogen) atoms. The van der Waals surface area contributed by atoms with E-state index in [1.54, 1.807) is 7.11 Å². The van der Waals surface area contributed by atoms with Crippen molar-refractivity contribution in [2.24, 2.45) is 0 Å². The van der Waals surface area contributed by atoms with Gasteiger partial charge in [-0.1, -0.05) is 81.8 Å². The van der Waals surface area contributed by atoms with Crippen LogP contribution in [0.25, 0.3) is 12.2 Å². The molecule has 0 N–H and O–H groups in total. The highest BCUT2D eigenvalue weighted by molar-refractivity contribution is 5.72. The average molecular weight is 393 g/mol. The molecule has 0 fully saturated rings. The van der Waals surface area contributed by atoms with Crippen molar-refractivity contribution in [1.82, 2.24) is 0 Å². The van der Waals surface area contributed by atoms with Gasteiger partial charge in [0.25, 0.3) is 0 Å². The van der Waals surface area contributed by atoms with Crippen LogP contribution in [0.3, 0.4) is 0 Å². The van der Waals surface area contributed by atoms with Crippen molar-refractivity contribution in [2.75, 3.05) is 20.3 Å². The summed E-state index contributed by atoms with van der Waals surface area (Å²) in [5, 5.41) is 0. The van der Waals surface area contributed by atoms with Crippen LogP contribution in [-0.4, -0.2) is 20.3 Å². The number of hydrogen-bond donors (Lipinski definition) is 0. The number of rotatable bonds is 7. The molecule has 0 aromatic heterocycles. The van der Waals surface area contributed by atoms with Gasteiger partial charge in [0.15, 0.2) is 0 Å². The Morgan fingerprint density at radius 2 is 1.48 bits per heavy atom. The van der Waals surface area contributed by atoms with E-state index in [-0.39, 0.29) is 10.8 Å². The van der Waals surface area contributed by atoms with Crippen LogP contribution in [-0.2, 0) is 26.9 Å². The highest BCUT2D eigenvalue weighted by atomic mass is 16.5. The lowest BCUT2D eigenvalue weighted by Gasteiger charge is -2.42. The highest BCUT2D eigenvalue weighted by Gasteiger charge is 2.37. The summed E-state index contributed by atoms with van der Waals surface area (Å²) in [6.45, 7) is 13.5. The van der Waals surface area contributed by atoms with Gasteiger partial charge in [-0.15, -0.1) is 0 Å². The van der Waals surface area contributed by atoms with Crippen molar-refractivity contribution in [3.63, 3.8) is 0 Å². The van der Waals surface area contributed by atoms with E-state index in [0.29, 0.717) is 19.8 Å². The molecule has 0 amide bonds. The van der Waals surface area contributed by atoms with Crippen LogP contribution in [0.5, 0.6) is 0 Å². The molecule has 0 atom stereocenters. The summed E-state index contributed by atoms with van der Waals surface area (Å²) in [7, 11) is 1.71. The third-order valence-corrected chi connectivity index (χ3v) is 6.33. The Hall–Kier alpha value is -1.90. The van der Waals surface area contributed by atoms with Gasteiger partial charge in [0.05, 0.1) is 19.8 Å². The van der Waals surface area contributed by atoms with Gasteiger partial charge in [-0.2, -0.15) is 0 Å². The summed E-state index contributed by atoms with van der Waals surface area (Å²) in [5.74, 6) is 0. The first-order valence-electron chi connectivity index (χ1n) is 10.7. The molecule has 3 rings (SSSR count). The van der Waals surface area contributed by atoms with Crippen LogP contribution in [0.1, 0.15) is 73.9 Å². The van der Waals surface area contributed by atoms with Crippen molar-refractivity contribution in [1.29, 1.82) is 0 Å². The minimum absolute atomic E-state index is 0.200. The second kappa shape index (κ2) is 8.85. The third kappa shape index (κ3) is 5.18. The predicted octanol–water partition coefficient (Wildman–Crippen LogP) is 6.68. The lowest BCUT2D eigenvalue weighted by molar-refractivity contribution is 0.0615. The standard InChI is InChI=1S/C27H36O2/c1-20-7-9-21(10-8-20)11-12-22-17-24-25(18-23(22)19-29-16-15-28-6)27(4,5)14-13-26(24,2)3/h7-12,17-18H,13-16,19H2,1-6H3/b12-11+. The summed E-state index contributed by atoms with van der Waals surface area (Å²) < 4.78 is 11.1. The fourth-order valence-corrected chi connectivity index (χ4v) is 4.14. The molecular weight excluding hydrogens is 356 g/mol. The van der Waals surface area contributed by atoms with E-state index in [0.717, 1.165) is 0 Å². The Morgan fingerprint density at radius 3 is 2.10 bits per heavy atom. The first-order chi connectivity index (χ1) is 13.7. The van der Waals surface area contributed by atoms with Crippen molar-refractivity contribution in [3.8, 4) is 0 Å². The summed E-state index contributed by atoms with van der Waals surface area (Å²) in [4.78, 5) is 0. The summed E-state index contributed by atoms with van der Waals surface area (Å²) in [6, 6.07) is 13.5. The predicted molar refractivity (Wildman–Crippen MR) is 123 cm³/mol. The number of benzene rings is 2. The van der Waals surface area contributed by atoms with Gasteiger partial charge < -0.3 is 9.47 Å². The van der Waals surface area contributed by atoms with Crippen LogP contribution in [0, 0.1) is 6.92 Å². The molecular formula is C27H36O2. The second-order valence-corrected chi connectivity index (χ2v) is 9.65. The minimum Gasteiger partial charge on any atom is -0.382 e. The van der Waals surface area contributed by atoms with Crippen LogP contribution in [0.4, 0.5) is 0 Å². The maximum atomic E-state index is 5.92. The number of fused-ring (bicyclic) bond motifs is 1. The molecule has 0 unspecified atom stereocenters. The molecule has 1 aliphatic carbocycles. The molecule has 156 valence electrons. The number of methoxy groups -OCH3 is 1. The van der Waals surface area contributed by atoms with E-state index in [4.69, 9.17) is 9.47 Å². The fourth-order valence-electron chi connectivity index (χ4n) is 4.14. The molecule has 0 saturated heterocycles. The van der Waals surface area contributed by atoms with Crippen LogP contribution in [0.15, 0.2) is 36.4 Å². The van der Waals surface area contributed by atoms with Crippen molar-refractivity contribution in [2.45, 2.75) is 64.9 Å². The number of ether oxygens (including phenoxy) is 2. The smallest absolute Gasteiger partial charge is 0.0723 e. The quantitative estimate of drug-likeness (QED) is 0.386. The molecule has 2 heteroatoms. The first-order valence-corrected chi connectivity index (χ1v) is 10.7. The highest BCUT2D eigenvalue weighted by Crippen LogP contribution is 2.46. The summed E-state index contributed by atoms with van der Waals surface area (Å²) in [6.07, 6.45) is 6.89. The topological polar surface area (TPSA) is 18.5 Å². The summed E-state index contributed by atoms with van der Waals surface area (Å²) in [5.41, 5.74) is 8.38. The monoisotopic (exact) mass is 392 g/mol. The lowest BCUT2D eigenvalue weighted by atomic mass is 9.62. The van der Waals surface area contributed by atoms with E-state index in [2.05, 4.69) is 83.2 Å². The maximum Gasteiger partial charge on any atom is 0.0723 e. The molecule has 0 heterocycles. The molecule has 2 aromatic carbocycles. The fraction of sp³-hybridized carbons (Fsp3) is 0.481. The van der Waals surface area contributed by atoms with Gasteiger partial charge in [-0.25, -0.2) is 0 Å². The third-order valence-electron chi connectivity index (χ3n) is 6.33. The Kier molecular flexibility index (Phi) is 6.65. The van der Waals surface area contributed by atoms with Gasteiger partial charge in [0.1, 0.15) is 0 Å².